The van der Waals surface area contributed by atoms with E-state index in [1.807, 2.05) is 0 Å². The molecule has 0 fully saturated rings. The summed E-state index contributed by atoms with van der Waals surface area (Å²) in [4.78, 5) is 56.0. The molecule has 3 aromatic carbocycles. The van der Waals surface area contributed by atoms with E-state index in [0.717, 1.165) is 0 Å². The van der Waals surface area contributed by atoms with Crippen LogP contribution >= 0.6 is 23.1 Å². The monoisotopic (exact) mass is 690 g/mol. The molecule has 0 aliphatic carbocycles. The maximum absolute atomic E-state index is 13.6. The standard InChI is InChI=1S/C34H34N4O8S2/c1-5-46-30(40)18-24-19-48-34(36-24)38-29(39)20-47-25-13-9-12-23(17-25)35-33(42)26(37-32(41)22-10-7-6-8-11-22)14-21-15-27(43-2)31(45-4)28(16-21)44-3/h6-17,19H,5,18,20H2,1-4H3,(H,35,42)(H,37,41)(H,36,38,39)/b26-14+. The second-order valence-corrected chi connectivity index (χ2v) is 11.7. The van der Waals surface area contributed by atoms with E-state index in [9.17, 15) is 19.2 Å². The Morgan fingerprint density at radius 3 is 2.29 bits per heavy atom. The summed E-state index contributed by atoms with van der Waals surface area (Å²) in [7, 11) is 4.45. The van der Waals surface area contributed by atoms with E-state index >= 15 is 0 Å². The van der Waals surface area contributed by atoms with E-state index in [2.05, 4.69) is 20.9 Å². The largest absolute Gasteiger partial charge is 0.493 e. The topological polar surface area (TPSA) is 154 Å². The third-order valence-electron chi connectivity index (χ3n) is 6.42. The van der Waals surface area contributed by atoms with Crippen LogP contribution in [0, 0.1) is 0 Å². The number of benzene rings is 3. The number of nitrogens with zero attached hydrogens (tertiary/aromatic N) is 1. The van der Waals surface area contributed by atoms with Crippen molar-refractivity contribution in [2.45, 2.75) is 18.2 Å². The number of amides is 3. The first-order valence-corrected chi connectivity index (χ1v) is 16.4. The fraction of sp³-hybridized carbons (Fsp3) is 0.206. The summed E-state index contributed by atoms with van der Waals surface area (Å²) in [6, 6.07) is 18.8. The molecule has 0 aliphatic rings. The van der Waals surface area contributed by atoms with Crippen molar-refractivity contribution in [3.63, 3.8) is 0 Å². The van der Waals surface area contributed by atoms with Gasteiger partial charge in [-0.3, -0.25) is 19.2 Å². The minimum atomic E-state index is -0.588. The lowest BCUT2D eigenvalue weighted by molar-refractivity contribution is -0.142. The first-order chi connectivity index (χ1) is 23.2. The molecule has 14 heteroatoms. The molecule has 0 unspecified atom stereocenters. The highest BCUT2D eigenvalue weighted by Crippen LogP contribution is 2.38. The number of carbonyl (C=O) groups is 4. The minimum absolute atomic E-state index is 0.0305. The third-order valence-corrected chi connectivity index (χ3v) is 8.22. The van der Waals surface area contributed by atoms with Crippen molar-refractivity contribution in [2.24, 2.45) is 0 Å². The molecule has 1 aromatic heterocycles. The molecule has 250 valence electrons. The molecular formula is C34H34N4O8S2. The number of thioether (sulfide) groups is 1. The molecule has 4 aromatic rings. The molecule has 0 aliphatic heterocycles. The summed E-state index contributed by atoms with van der Waals surface area (Å²) < 4.78 is 21.2. The lowest BCUT2D eigenvalue weighted by Gasteiger charge is -2.15. The Kier molecular flexibility index (Phi) is 13.0. The minimum Gasteiger partial charge on any atom is -0.493 e. The van der Waals surface area contributed by atoms with Crippen molar-refractivity contribution in [2.75, 3.05) is 44.3 Å². The fourth-order valence-electron chi connectivity index (χ4n) is 4.27. The van der Waals surface area contributed by atoms with Gasteiger partial charge in [0.05, 0.1) is 45.8 Å². The van der Waals surface area contributed by atoms with E-state index in [0.29, 0.717) is 49.8 Å². The number of carbonyl (C=O) groups excluding carboxylic acids is 4. The predicted molar refractivity (Wildman–Crippen MR) is 185 cm³/mol. The molecule has 0 spiro atoms. The van der Waals surface area contributed by atoms with Gasteiger partial charge in [-0.25, -0.2) is 4.98 Å². The van der Waals surface area contributed by atoms with Crippen molar-refractivity contribution >= 4 is 63.7 Å². The van der Waals surface area contributed by atoms with E-state index in [1.54, 1.807) is 79.0 Å². The van der Waals surface area contributed by atoms with E-state index < -0.39 is 11.8 Å². The zero-order valence-corrected chi connectivity index (χ0v) is 28.3. The molecule has 0 radical (unpaired) electrons. The Bertz CT molecular complexity index is 1770. The SMILES string of the molecule is CCOC(=O)Cc1csc(NC(=O)CSc2cccc(NC(=O)/C(=C\c3cc(OC)c(OC)c(OC)c3)NC(=O)c3ccccc3)c2)n1. The first kappa shape index (κ1) is 35.5. The zero-order valence-electron chi connectivity index (χ0n) is 26.7. The summed E-state index contributed by atoms with van der Waals surface area (Å²) in [5.74, 6) is -0.538. The summed E-state index contributed by atoms with van der Waals surface area (Å²) in [5.41, 5.74) is 1.79. The number of aromatic nitrogens is 1. The van der Waals surface area contributed by atoms with Crippen molar-refractivity contribution in [3.05, 3.63) is 94.6 Å². The summed E-state index contributed by atoms with van der Waals surface area (Å²) in [5, 5.41) is 10.3. The van der Waals surface area contributed by atoms with E-state index in [1.165, 1.54) is 50.5 Å². The van der Waals surface area contributed by atoms with Crippen LogP contribution in [0.2, 0.25) is 0 Å². The van der Waals surface area contributed by atoms with Crippen LogP contribution in [-0.4, -0.2) is 62.4 Å². The van der Waals surface area contributed by atoms with Gasteiger partial charge in [-0.2, -0.15) is 0 Å². The van der Waals surface area contributed by atoms with Crippen molar-refractivity contribution in [3.8, 4) is 17.2 Å². The van der Waals surface area contributed by atoms with Crippen LogP contribution in [0.15, 0.2) is 82.7 Å². The fourth-order valence-corrected chi connectivity index (χ4v) is 5.75. The van der Waals surface area contributed by atoms with Crippen LogP contribution in [-0.2, 0) is 25.5 Å². The maximum atomic E-state index is 13.6. The van der Waals surface area contributed by atoms with Gasteiger partial charge < -0.3 is 34.9 Å². The lowest BCUT2D eigenvalue weighted by Crippen LogP contribution is -2.30. The van der Waals surface area contributed by atoms with Crippen LogP contribution in [0.4, 0.5) is 10.8 Å². The molecule has 0 atom stereocenters. The second kappa shape index (κ2) is 17.5. The number of thiazole rings is 1. The third kappa shape index (κ3) is 10.1. The smallest absolute Gasteiger partial charge is 0.311 e. The number of hydrogen-bond acceptors (Lipinski definition) is 11. The van der Waals surface area contributed by atoms with Crippen LogP contribution in [0.25, 0.3) is 6.08 Å². The molecule has 12 nitrogen and oxygen atoms in total. The Labute approximate surface area is 285 Å². The van der Waals surface area contributed by atoms with Gasteiger partial charge in [0, 0.05) is 21.5 Å². The molecule has 3 N–H and O–H groups in total. The van der Waals surface area contributed by atoms with Crippen LogP contribution in [0.3, 0.4) is 0 Å². The predicted octanol–water partition coefficient (Wildman–Crippen LogP) is 5.41. The second-order valence-electron chi connectivity index (χ2n) is 9.78. The number of ether oxygens (including phenoxy) is 4. The Morgan fingerprint density at radius 1 is 0.896 bits per heavy atom. The van der Waals surface area contributed by atoms with Crippen LogP contribution in [0.1, 0.15) is 28.5 Å². The van der Waals surface area contributed by atoms with Crippen molar-refractivity contribution < 1.29 is 38.1 Å². The molecular weight excluding hydrogens is 657 g/mol. The Balaban J connectivity index is 1.47. The van der Waals surface area contributed by atoms with E-state index in [4.69, 9.17) is 18.9 Å². The quantitative estimate of drug-likeness (QED) is 0.0838. The van der Waals surface area contributed by atoms with Crippen LogP contribution in [0.5, 0.6) is 17.2 Å². The van der Waals surface area contributed by atoms with Gasteiger partial charge in [0.2, 0.25) is 11.7 Å². The van der Waals surface area contributed by atoms with Gasteiger partial charge in [-0.1, -0.05) is 24.3 Å². The van der Waals surface area contributed by atoms with Crippen molar-refractivity contribution in [1.82, 2.24) is 10.3 Å². The average Bonchev–Trinajstić information content (AvgIpc) is 3.53. The van der Waals surface area contributed by atoms with Crippen LogP contribution < -0.4 is 30.2 Å². The summed E-state index contributed by atoms with van der Waals surface area (Å²) in [6.45, 7) is 2.01. The molecule has 0 saturated heterocycles. The van der Waals surface area contributed by atoms with Gasteiger partial charge in [-0.05, 0) is 61.0 Å². The molecule has 1 heterocycles. The highest BCUT2D eigenvalue weighted by Gasteiger charge is 2.18. The van der Waals surface area contributed by atoms with E-state index in [-0.39, 0.29) is 36.4 Å². The normalized spacial score (nSPS) is 10.9. The molecule has 0 bridgehead atoms. The number of methoxy groups -OCH3 is 3. The number of anilines is 2. The van der Waals surface area contributed by atoms with Crippen molar-refractivity contribution in [1.29, 1.82) is 0 Å². The Hall–Kier alpha value is -5.34. The van der Waals surface area contributed by atoms with Gasteiger partial charge in [-0.15, -0.1) is 23.1 Å². The number of esters is 1. The number of rotatable bonds is 15. The maximum Gasteiger partial charge on any atom is 0.311 e. The molecule has 0 saturated carbocycles. The Morgan fingerprint density at radius 2 is 1.62 bits per heavy atom. The summed E-state index contributed by atoms with van der Waals surface area (Å²) >= 11 is 2.48. The number of nitrogens with one attached hydrogen (secondary N) is 3. The van der Waals surface area contributed by atoms with Gasteiger partial charge in [0.25, 0.3) is 11.8 Å². The zero-order chi connectivity index (χ0) is 34.5. The number of hydrogen-bond donors (Lipinski definition) is 3. The molecule has 48 heavy (non-hydrogen) atoms. The lowest BCUT2D eigenvalue weighted by atomic mass is 10.1. The highest BCUT2D eigenvalue weighted by molar-refractivity contribution is 8.00. The van der Waals surface area contributed by atoms with Gasteiger partial charge in [0.15, 0.2) is 16.6 Å². The molecule has 3 amide bonds. The van der Waals surface area contributed by atoms with Gasteiger partial charge in [0.1, 0.15) is 5.70 Å². The first-order valence-electron chi connectivity index (χ1n) is 14.5. The summed E-state index contributed by atoms with van der Waals surface area (Å²) in [6.07, 6.45) is 1.53. The molecule has 4 rings (SSSR count). The highest BCUT2D eigenvalue weighted by atomic mass is 32.2. The average molecular weight is 691 g/mol. The van der Waals surface area contributed by atoms with Gasteiger partial charge >= 0.3 is 5.97 Å².